The average Bonchev–Trinajstić information content (AvgIpc) is 2.38. The molecule has 0 saturated carbocycles. The first-order valence-corrected chi connectivity index (χ1v) is 5.14. The Kier molecular flexibility index (Phi) is 3.33. The summed E-state index contributed by atoms with van der Waals surface area (Å²) in [6, 6.07) is 5.63. The number of hydrogen-bond acceptors (Lipinski definition) is 3. The summed E-state index contributed by atoms with van der Waals surface area (Å²) in [4.78, 5) is 15.8. The minimum Gasteiger partial charge on any atom is -0.387 e. The summed E-state index contributed by atoms with van der Waals surface area (Å²) in [5.41, 5.74) is 1.49. The first-order valence-electron chi connectivity index (χ1n) is 5.14. The molecule has 0 fully saturated rings. The van der Waals surface area contributed by atoms with Gasteiger partial charge in [0.05, 0.1) is 17.8 Å². The van der Waals surface area contributed by atoms with Crippen molar-refractivity contribution in [3.63, 3.8) is 0 Å². The van der Waals surface area contributed by atoms with Crippen LogP contribution in [0.2, 0.25) is 0 Å². The van der Waals surface area contributed by atoms with E-state index in [4.69, 9.17) is 0 Å². The van der Waals surface area contributed by atoms with Crippen molar-refractivity contribution in [2.24, 2.45) is 0 Å². The quantitative estimate of drug-likeness (QED) is 0.782. The molecule has 4 heteroatoms. The summed E-state index contributed by atoms with van der Waals surface area (Å²) in [6.07, 6.45) is 7.15. The predicted octanol–water partition coefficient (Wildman–Crippen LogP) is 0.741. The summed E-state index contributed by atoms with van der Waals surface area (Å²) in [7, 11) is 0. The van der Waals surface area contributed by atoms with Gasteiger partial charge in [0.2, 0.25) is 0 Å². The van der Waals surface area contributed by atoms with Crippen LogP contribution in [0, 0.1) is 0 Å². The topological polar surface area (TPSA) is 54.0 Å². The van der Waals surface area contributed by atoms with Gasteiger partial charge < -0.3 is 10.6 Å². The Balaban J connectivity index is 1.89. The Hall–Kier alpha value is -2.10. The number of hydrogen-bond donors (Lipinski definition) is 2. The van der Waals surface area contributed by atoms with Gasteiger partial charge in [-0.3, -0.25) is 9.78 Å². The molecule has 1 aromatic heterocycles. The van der Waals surface area contributed by atoms with Crippen molar-refractivity contribution in [1.29, 1.82) is 0 Å². The lowest BCUT2D eigenvalue weighted by molar-refractivity contribution is -0.117. The second-order valence-electron chi connectivity index (χ2n) is 3.41. The van der Waals surface area contributed by atoms with E-state index in [1.54, 1.807) is 12.4 Å². The number of amides is 1. The molecule has 0 saturated heterocycles. The highest BCUT2D eigenvalue weighted by molar-refractivity contribution is 5.96. The van der Waals surface area contributed by atoms with Crippen LogP contribution in [0.3, 0.4) is 0 Å². The number of dihydropyridines is 1. The van der Waals surface area contributed by atoms with Gasteiger partial charge in [-0.05, 0) is 12.1 Å². The summed E-state index contributed by atoms with van der Waals surface area (Å²) < 4.78 is 0. The average molecular weight is 215 g/mol. The molecule has 2 rings (SSSR count). The van der Waals surface area contributed by atoms with E-state index in [1.165, 1.54) is 0 Å². The van der Waals surface area contributed by atoms with Crippen LogP contribution in [0.25, 0.3) is 0 Å². The molecule has 4 nitrogen and oxygen atoms in total. The number of aromatic nitrogens is 1. The molecule has 0 radical (unpaired) electrons. The summed E-state index contributed by atoms with van der Waals surface area (Å²) >= 11 is 0. The highest BCUT2D eigenvalue weighted by Gasteiger charge is 2.07. The van der Waals surface area contributed by atoms with Crippen molar-refractivity contribution in [3.8, 4) is 0 Å². The van der Waals surface area contributed by atoms with Crippen molar-refractivity contribution in [3.05, 3.63) is 54.0 Å². The Labute approximate surface area is 94.1 Å². The molecule has 0 unspecified atom stereocenters. The maximum absolute atomic E-state index is 11.7. The Bertz CT molecular complexity index is 423. The van der Waals surface area contributed by atoms with E-state index < -0.39 is 0 Å². The van der Waals surface area contributed by atoms with Crippen molar-refractivity contribution in [2.75, 3.05) is 6.54 Å². The zero-order valence-electron chi connectivity index (χ0n) is 8.81. The second-order valence-corrected chi connectivity index (χ2v) is 3.41. The molecule has 0 spiro atoms. The highest BCUT2D eigenvalue weighted by Crippen LogP contribution is 2.00. The van der Waals surface area contributed by atoms with Gasteiger partial charge in [-0.25, -0.2) is 0 Å². The molecule has 1 aromatic rings. The lowest BCUT2D eigenvalue weighted by Gasteiger charge is -2.08. The van der Waals surface area contributed by atoms with Crippen LogP contribution in [0.5, 0.6) is 0 Å². The minimum atomic E-state index is -0.0888. The van der Waals surface area contributed by atoms with Crippen molar-refractivity contribution in [2.45, 2.75) is 6.54 Å². The van der Waals surface area contributed by atoms with Gasteiger partial charge in [-0.2, -0.15) is 0 Å². The van der Waals surface area contributed by atoms with Crippen LogP contribution >= 0.6 is 0 Å². The van der Waals surface area contributed by atoms with Crippen molar-refractivity contribution in [1.82, 2.24) is 15.6 Å². The largest absolute Gasteiger partial charge is 0.387 e. The molecule has 1 aliphatic heterocycles. The maximum atomic E-state index is 11.7. The van der Waals surface area contributed by atoms with Gasteiger partial charge in [0.1, 0.15) is 0 Å². The standard InChI is InChI=1S/C12H13N3O/c16-12(10-4-3-6-13-8-10)15-9-11-5-1-2-7-14-11/h1-5,7-8,13H,6,9H2,(H,15,16). The fourth-order valence-electron chi connectivity index (χ4n) is 1.39. The number of rotatable bonds is 3. The van der Waals surface area contributed by atoms with Gasteiger partial charge in [0.15, 0.2) is 0 Å². The molecule has 1 amide bonds. The third kappa shape index (κ3) is 2.70. The number of carbonyl (C=O) groups is 1. The van der Waals surface area contributed by atoms with E-state index in [2.05, 4.69) is 15.6 Å². The molecule has 0 bridgehead atoms. The SMILES string of the molecule is O=C(NCc1ccccn1)C1=CNCC=C1. The van der Waals surface area contributed by atoms with Crippen molar-refractivity contribution >= 4 is 5.91 Å². The normalized spacial score (nSPS) is 13.9. The van der Waals surface area contributed by atoms with Gasteiger partial charge in [0.25, 0.3) is 5.91 Å². The smallest absolute Gasteiger partial charge is 0.253 e. The molecule has 2 N–H and O–H groups in total. The third-order valence-corrected chi connectivity index (χ3v) is 2.21. The molecular formula is C12H13N3O. The van der Waals surface area contributed by atoms with Crippen LogP contribution in [-0.2, 0) is 11.3 Å². The zero-order valence-corrected chi connectivity index (χ0v) is 8.81. The van der Waals surface area contributed by atoms with E-state index in [0.29, 0.717) is 12.1 Å². The molecule has 0 aromatic carbocycles. The van der Waals surface area contributed by atoms with Gasteiger partial charge >= 0.3 is 0 Å². The number of nitrogens with one attached hydrogen (secondary N) is 2. The number of carbonyl (C=O) groups excluding carboxylic acids is 1. The fourth-order valence-corrected chi connectivity index (χ4v) is 1.39. The Morgan fingerprint density at radius 2 is 2.44 bits per heavy atom. The van der Waals surface area contributed by atoms with Gasteiger partial charge in [0, 0.05) is 18.9 Å². The lowest BCUT2D eigenvalue weighted by atomic mass is 10.2. The Morgan fingerprint density at radius 1 is 1.50 bits per heavy atom. The van der Waals surface area contributed by atoms with Crippen LogP contribution in [0.1, 0.15) is 5.69 Å². The molecule has 82 valence electrons. The molecule has 0 atom stereocenters. The minimum absolute atomic E-state index is 0.0888. The van der Waals surface area contributed by atoms with E-state index >= 15 is 0 Å². The highest BCUT2D eigenvalue weighted by atomic mass is 16.1. The summed E-state index contributed by atoms with van der Waals surface area (Å²) in [5, 5.41) is 5.80. The summed E-state index contributed by atoms with van der Waals surface area (Å²) in [6.45, 7) is 1.22. The fraction of sp³-hybridized carbons (Fsp3) is 0.167. The zero-order chi connectivity index (χ0) is 11.2. The summed E-state index contributed by atoms with van der Waals surface area (Å²) in [5.74, 6) is -0.0888. The molecular weight excluding hydrogens is 202 g/mol. The van der Waals surface area contributed by atoms with Crippen LogP contribution in [0.4, 0.5) is 0 Å². The Morgan fingerprint density at radius 3 is 3.12 bits per heavy atom. The molecule has 2 heterocycles. The van der Waals surface area contributed by atoms with Gasteiger partial charge in [-0.1, -0.05) is 18.2 Å². The van der Waals surface area contributed by atoms with Crippen molar-refractivity contribution < 1.29 is 4.79 Å². The second kappa shape index (κ2) is 5.11. The van der Waals surface area contributed by atoms with Gasteiger partial charge in [-0.15, -0.1) is 0 Å². The predicted molar refractivity (Wildman–Crippen MR) is 61.3 cm³/mol. The van der Waals surface area contributed by atoms with E-state index in [-0.39, 0.29) is 5.91 Å². The number of pyridine rings is 1. The number of nitrogens with zero attached hydrogens (tertiary/aromatic N) is 1. The van der Waals surface area contributed by atoms with E-state index in [0.717, 1.165) is 12.2 Å². The van der Waals surface area contributed by atoms with Crippen LogP contribution in [0.15, 0.2) is 48.3 Å². The molecule has 16 heavy (non-hydrogen) atoms. The first-order chi connectivity index (χ1) is 7.86. The third-order valence-electron chi connectivity index (χ3n) is 2.21. The van der Waals surface area contributed by atoms with E-state index in [1.807, 2.05) is 30.4 Å². The monoisotopic (exact) mass is 215 g/mol. The maximum Gasteiger partial charge on any atom is 0.253 e. The van der Waals surface area contributed by atoms with E-state index in [9.17, 15) is 4.79 Å². The lowest BCUT2D eigenvalue weighted by Crippen LogP contribution is -2.26. The van der Waals surface area contributed by atoms with Crippen LogP contribution < -0.4 is 10.6 Å². The molecule has 0 aliphatic carbocycles. The molecule has 1 aliphatic rings. The first kappa shape index (κ1) is 10.4. The van der Waals surface area contributed by atoms with Crippen LogP contribution in [-0.4, -0.2) is 17.4 Å².